The summed E-state index contributed by atoms with van der Waals surface area (Å²) in [4.78, 5) is 17.6. The lowest BCUT2D eigenvalue weighted by Crippen LogP contribution is -2.45. The number of amides is 1. The zero-order valence-electron chi connectivity index (χ0n) is 23.0. The van der Waals surface area contributed by atoms with Crippen LogP contribution in [0.2, 0.25) is 10.0 Å². The second-order valence-corrected chi connectivity index (χ2v) is 12.8. The summed E-state index contributed by atoms with van der Waals surface area (Å²) in [6.45, 7) is 4.22. The molecule has 1 atom stereocenters. The Morgan fingerprint density at radius 3 is 2.64 bits per heavy atom. The van der Waals surface area contributed by atoms with Crippen LogP contribution in [0.5, 0.6) is 5.75 Å². The first-order valence-corrected chi connectivity index (χ1v) is 15.5. The minimum absolute atomic E-state index is 0.0494. The van der Waals surface area contributed by atoms with Gasteiger partial charge in [0, 0.05) is 34.8 Å². The number of pyridine rings is 1. The van der Waals surface area contributed by atoms with E-state index in [2.05, 4.69) is 16.4 Å². The van der Waals surface area contributed by atoms with Crippen molar-refractivity contribution in [2.45, 2.75) is 50.8 Å². The van der Waals surface area contributed by atoms with E-state index in [1.165, 1.54) is 16.4 Å². The number of hydrogen-bond donors (Lipinski definition) is 1. The molecule has 0 aliphatic carbocycles. The number of rotatable bonds is 8. The normalized spacial score (nSPS) is 15.5. The molecule has 216 valence electrons. The van der Waals surface area contributed by atoms with Crippen molar-refractivity contribution in [2.75, 3.05) is 6.54 Å². The van der Waals surface area contributed by atoms with Gasteiger partial charge in [0.25, 0.3) is 0 Å². The number of carbonyl (C=O) groups excluding carboxylic acids is 1. The van der Waals surface area contributed by atoms with Gasteiger partial charge >= 0.3 is 0 Å². The molecule has 0 saturated carbocycles. The van der Waals surface area contributed by atoms with E-state index >= 15 is 0 Å². The van der Waals surface area contributed by atoms with Gasteiger partial charge in [0.1, 0.15) is 28.8 Å². The Labute approximate surface area is 254 Å². The third kappa shape index (κ3) is 5.94. The lowest BCUT2D eigenvalue weighted by molar-refractivity contribution is -0.124. The predicted octanol–water partition coefficient (Wildman–Crippen LogP) is 6.08. The number of halogens is 2. The Morgan fingerprint density at radius 1 is 1.14 bits per heavy atom. The van der Waals surface area contributed by atoms with Crippen molar-refractivity contribution >= 4 is 50.0 Å². The molecule has 3 aromatic carbocycles. The van der Waals surface area contributed by atoms with E-state index in [9.17, 15) is 13.2 Å². The van der Waals surface area contributed by atoms with Gasteiger partial charge in [-0.2, -0.15) is 9.57 Å². The average molecular weight is 624 g/mol. The van der Waals surface area contributed by atoms with E-state index < -0.39 is 22.0 Å². The molecule has 1 aromatic heterocycles. The number of para-hydroxylation sites is 1. The molecule has 0 radical (unpaired) electrons. The first-order chi connectivity index (χ1) is 20.1. The predicted molar refractivity (Wildman–Crippen MR) is 162 cm³/mol. The molecule has 1 saturated heterocycles. The van der Waals surface area contributed by atoms with Crippen molar-refractivity contribution in [2.24, 2.45) is 0 Å². The molecule has 8 nitrogen and oxygen atoms in total. The Kier molecular flexibility index (Phi) is 8.71. The SMILES string of the molecule is Cc1cc(C)c2cccc(OCc3c(Cl)ccc(S(=O)(=O)N4CCCC4C(=O)NCc4ccc(C#N)cc4)c3Cl)c2n1. The maximum atomic E-state index is 13.8. The standard InChI is InChI=1S/C31H28Cl2N4O4S/c1-19-15-20(2)36-30-23(19)5-3-7-27(30)41-18-24-25(32)12-13-28(29(24)33)42(39,40)37-14-4-6-26(37)31(38)35-17-22-10-8-21(16-34)9-11-22/h3,5,7-13,15,26H,4,6,14,17-18H2,1-2H3,(H,35,38). The van der Waals surface area contributed by atoms with Crippen LogP contribution < -0.4 is 10.1 Å². The molecule has 1 aliphatic heterocycles. The van der Waals surface area contributed by atoms with Gasteiger partial charge in [0.05, 0.1) is 16.7 Å². The van der Waals surface area contributed by atoms with Crippen LogP contribution in [-0.2, 0) is 28.0 Å². The van der Waals surface area contributed by atoms with Crippen LogP contribution >= 0.6 is 23.2 Å². The van der Waals surface area contributed by atoms with Crippen LogP contribution in [0.1, 0.15) is 40.8 Å². The highest BCUT2D eigenvalue weighted by atomic mass is 35.5. The number of carbonyl (C=O) groups is 1. The second kappa shape index (κ2) is 12.3. The molecular weight excluding hydrogens is 595 g/mol. The van der Waals surface area contributed by atoms with E-state index in [4.69, 9.17) is 33.2 Å². The summed E-state index contributed by atoms with van der Waals surface area (Å²) in [5, 5.41) is 13.0. The number of nitriles is 1. The molecule has 11 heteroatoms. The lowest BCUT2D eigenvalue weighted by Gasteiger charge is -2.24. The van der Waals surface area contributed by atoms with Gasteiger partial charge in [0.2, 0.25) is 15.9 Å². The smallest absolute Gasteiger partial charge is 0.245 e. The zero-order chi connectivity index (χ0) is 30.0. The van der Waals surface area contributed by atoms with Gasteiger partial charge in [-0.05, 0) is 74.2 Å². The van der Waals surface area contributed by atoms with Crippen molar-refractivity contribution in [3.63, 3.8) is 0 Å². The lowest BCUT2D eigenvalue weighted by atomic mass is 10.1. The molecule has 4 aromatic rings. The summed E-state index contributed by atoms with van der Waals surface area (Å²) in [5.74, 6) is 0.126. The number of nitrogens with zero attached hydrogens (tertiary/aromatic N) is 3. The molecule has 0 bridgehead atoms. The monoisotopic (exact) mass is 622 g/mol. The Bertz CT molecular complexity index is 1820. The van der Waals surface area contributed by atoms with Crippen LogP contribution in [-0.4, -0.2) is 36.2 Å². The van der Waals surface area contributed by atoms with Crippen molar-refractivity contribution in [3.05, 3.63) is 98.7 Å². The molecule has 1 amide bonds. The highest BCUT2D eigenvalue weighted by molar-refractivity contribution is 7.89. The summed E-state index contributed by atoms with van der Waals surface area (Å²) in [7, 11) is -4.15. The Morgan fingerprint density at radius 2 is 1.90 bits per heavy atom. The minimum atomic E-state index is -4.15. The summed E-state index contributed by atoms with van der Waals surface area (Å²) in [6.07, 6.45) is 0.912. The molecule has 1 aliphatic rings. The fraction of sp³-hybridized carbons (Fsp3) is 0.258. The van der Waals surface area contributed by atoms with E-state index in [1.54, 1.807) is 30.3 Å². The molecule has 0 spiro atoms. The summed E-state index contributed by atoms with van der Waals surface area (Å²) in [6, 6.07) is 18.4. The first kappa shape index (κ1) is 29.8. The van der Waals surface area contributed by atoms with E-state index in [-0.39, 0.29) is 34.6 Å². The second-order valence-electron chi connectivity index (χ2n) is 10.2. The van der Waals surface area contributed by atoms with Crippen molar-refractivity contribution < 1.29 is 17.9 Å². The van der Waals surface area contributed by atoms with Gasteiger partial charge in [0.15, 0.2) is 0 Å². The summed E-state index contributed by atoms with van der Waals surface area (Å²) >= 11 is 13.2. The minimum Gasteiger partial charge on any atom is -0.487 e. The van der Waals surface area contributed by atoms with Gasteiger partial charge in [-0.1, -0.05) is 47.5 Å². The molecular formula is C31H28Cl2N4O4S. The fourth-order valence-corrected chi connectivity index (χ4v) is 7.67. The largest absolute Gasteiger partial charge is 0.487 e. The number of aromatic nitrogens is 1. The average Bonchev–Trinajstić information content (AvgIpc) is 3.47. The van der Waals surface area contributed by atoms with Crippen LogP contribution in [0.4, 0.5) is 0 Å². The number of ether oxygens (including phenoxy) is 1. The van der Waals surface area contributed by atoms with Gasteiger partial charge in [-0.3, -0.25) is 4.79 Å². The summed E-state index contributed by atoms with van der Waals surface area (Å²) < 4.78 is 35.0. The first-order valence-electron chi connectivity index (χ1n) is 13.4. The van der Waals surface area contributed by atoms with Gasteiger partial charge < -0.3 is 10.1 Å². The number of fused-ring (bicyclic) bond motifs is 1. The highest BCUT2D eigenvalue weighted by Gasteiger charge is 2.40. The maximum Gasteiger partial charge on any atom is 0.245 e. The number of sulfonamides is 1. The topological polar surface area (TPSA) is 112 Å². The van der Waals surface area contributed by atoms with E-state index in [0.29, 0.717) is 35.2 Å². The van der Waals surface area contributed by atoms with Crippen LogP contribution in [0.15, 0.2) is 65.6 Å². The third-order valence-electron chi connectivity index (χ3n) is 7.30. The van der Waals surface area contributed by atoms with Crippen LogP contribution in [0.3, 0.4) is 0 Å². The van der Waals surface area contributed by atoms with Gasteiger partial charge in [-0.15, -0.1) is 0 Å². The molecule has 1 unspecified atom stereocenters. The summed E-state index contributed by atoms with van der Waals surface area (Å²) in [5.41, 5.74) is 4.24. The molecule has 1 fully saturated rings. The highest BCUT2D eigenvalue weighted by Crippen LogP contribution is 2.36. The number of nitrogens with one attached hydrogen (secondary N) is 1. The van der Waals surface area contributed by atoms with Crippen molar-refractivity contribution in [1.29, 1.82) is 5.26 Å². The van der Waals surface area contributed by atoms with Gasteiger partial charge in [-0.25, -0.2) is 13.4 Å². The Hall–Kier alpha value is -3.68. The zero-order valence-corrected chi connectivity index (χ0v) is 25.4. The molecule has 2 heterocycles. The molecule has 1 N–H and O–H groups in total. The van der Waals surface area contributed by atoms with Crippen molar-refractivity contribution in [3.8, 4) is 11.8 Å². The maximum absolute atomic E-state index is 13.8. The number of benzene rings is 3. The third-order valence-corrected chi connectivity index (χ3v) is 10.2. The fourth-order valence-electron chi connectivity index (χ4n) is 5.15. The quantitative estimate of drug-likeness (QED) is 0.255. The van der Waals surface area contributed by atoms with E-state index in [1.807, 2.05) is 32.0 Å². The molecule has 5 rings (SSSR count). The Balaban J connectivity index is 1.36. The molecule has 42 heavy (non-hydrogen) atoms. The van der Waals surface area contributed by atoms with E-state index in [0.717, 1.165) is 22.2 Å². The van der Waals surface area contributed by atoms with Crippen LogP contribution in [0, 0.1) is 25.2 Å². The van der Waals surface area contributed by atoms with Crippen molar-refractivity contribution in [1.82, 2.24) is 14.6 Å². The number of hydrogen-bond acceptors (Lipinski definition) is 6. The number of aryl methyl sites for hydroxylation is 2. The van der Waals surface area contributed by atoms with Crippen LogP contribution in [0.25, 0.3) is 10.9 Å².